The van der Waals surface area contributed by atoms with Crippen molar-refractivity contribution in [1.82, 2.24) is 14.8 Å². The standard InChI is InChI=1S/C22H28FN3O3/c1-14-11-26(15(2)13-27)22(28)18-9-16(17-7-5-6-8-19(17)23)10-24-21(18)29-20(14)12-25(3)4/h5-10,14-15,20,27H,11-13H2,1-4H3/t14-,15+,20-/m1/s1. The number of hydrogen-bond acceptors (Lipinski definition) is 5. The van der Waals surface area contributed by atoms with Crippen LogP contribution in [0.2, 0.25) is 0 Å². The largest absolute Gasteiger partial charge is 0.472 e. The summed E-state index contributed by atoms with van der Waals surface area (Å²) in [5.41, 5.74) is 1.16. The van der Waals surface area contributed by atoms with Crippen LogP contribution in [-0.4, -0.2) is 71.7 Å². The summed E-state index contributed by atoms with van der Waals surface area (Å²) >= 11 is 0. The second-order valence-corrected chi connectivity index (χ2v) is 7.94. The Morgan fingerprint density at radius 3 is 2.72 bits per heavy atom. The Kier molecular flexibility index (Phi) is 6.49. The van der Waals surface area contributed by atoms with Crippen molar-refractivity contribution >= 4 is 5.91 Å². The molecule has 0 saturated carbocycles. The Morgan fingerprint density at radius 2 is 2.07 bits per heavy atom. The number of rotatable bonds is 5. The van der Waals surface area contributed by atoms with Gasteiger partial charge in [0.05, 0.1) is 12.6 Å². The number of halogens is 1. The van der Waals surface area contributed by atoms with Crippen LogP contribution in [0.4, 0.5) is 4.39 Å². The monoisotopic (exact) mass is 401 g/mol. The summed E-state index contributed by atoms with van der Waals surface area (Å²) in [5, 5.41) is 9.68. The summed E-state index contributed by atoms with van der Waals surface area (Å²) in [5.74, 6) is -0.379. The van der Waals surface area contributed by atoms with E-state index in [-0.39, 0.29) is 47.8 Å². The van der Waals surface area contributed by atoms with Gasteiger partial charge < -0.3 is 19.6 Å². The third kappa shape index (κ3) is 4.57. The highest BCUT2D eigenvalue weighted by molar-refractivity contribution is 5.98. The average Bonchev–Trinajstić information content (AvgIpc) is 2.70. The average molecular weight is 401 g/mol. The SMILES string of the molecule is C[C@@H]1CN([C@@H](C)CO)C(=O)c2cc(-c3ccccc3F)cnc2O[C@@H]1CN(C)C. The Hall–Kier alpha value is -2.51. The topological polar surface area (TPSA) is 65.9 Å². The number of likely N-dealkylation sites (N-methyl/N-ethyl adjacent to an activating group) is 1. The van der Waals surface area contributed by atoms with Crippen LogP contribution in [0.15, 0.2) is 36.5 Å². The van der Waals surface area contributed by atoms with Gasteiger partial charge in [0.1, 0.15) is 17.5 Å². The van der Waals surface area contributed by atoms with E-state index in [1.807, 2.05) is 32.8 Å². The molecule has 0 unspecified atom stereocenters. The lowest BCUT2D eigenvalue weighted by Gasteiger charge is -2.37. The minimum atomic E-state index is -0.381. The molecule has 2 heterocycles. The van der Waals surface area contributed by atoms with E-state index in [1.54, 1.807) is 29.2 Å². The van der Waals surface area contributed by atoms with Crippen molar-refractivity contribution in [3.8, 4) is 17.0 Å². The predicted molar refractivity (Wildman–Crippen MR) is 109 cm³/mol. The van der Waals surface area contributed by atoms with Gasteiger partial charge in [0.2, 0.25) is 5.88 Å². The van der Waals surface area contributed by atoms with Crippen LogP contribution in [0.1, 0.15) is 24.2 Å². The van der Waals surface area contributed by atoms with Crippen LogP contribution in [0.5, 0.6) is 5.88 Å². The molecule has 0 fully saturated rings. The van der Waals surface area contributed by atoms with Crippen molar-refractivity contribution in [2.24, 2.45) is 5.92 Å². The fraction of sp³-hybridized carbons (Fsp3) is 0.455. The molecule has 0 radical (unpaired) electrons. The smallest absolute Gasteiger partial charge is 0.259 e. The second-order valence-electron chi connectivity index (χ2n) is 7.94. The van der Waals surface area contributed by atoms with Gasteiger partial charge in [-0.05, 0) is 33.2 Å². The van der Waals surface area contributed by atoms with Gasteiger partial charge in [0.15, 0.2) is 0 Å². The molecule has 0 saturated heterocycles. The summed E-state index contributed by atoms with van der Waals surface area (Å²) < 4.78 is 20.4. The van der Waals surface area contributed by atoms with Gasteiger partial charge in [-0.3, -0.25) is 4.79 Å². The zero-order valence-electron chi connectivity index (χ0n) is 17.3. The first-order valence-corrected chi connectivity index (χ1v) is 9.80. The predicted octanol–water partition coefficient (Wildman–Crippen LogP) is 2.67. The summed E-state index contributed by atoms with van der Waals surface area (Å²) in [6.45, 7) is 4.79. The quantitative estimate of drug-likeness (QED) is 0.835. The van der Waals surface area contributed by atoms with Crippen LogP contribution in [0.3, 0.4) is 0 Å². The maximum atomic E-state index is 14.3. The van der Waals surface area contributed by atoms with Crippen molar-refractivity contribution in [1.29, 1.82) is 0 Å². The molecule has 0 bridgehead atoms. The highest BCUT2D eigenvalue weighted by atomic mass is 19.1. The molecule has 3 rings (SSSR count). The molecule has 1 N–H and O–H groups in total. The molecule has 0 spiro atoms. The van der Waals surface area contributed by atoms with E-state index < -0.39 is 0 Å². The first kappa shape index (κ1) is 21.2. The highest BCUT2D eigenvalue weighted by Gasteiger charge is 2.34. The number of amides is 1. The molecule has 156 valence electrons. The number of pyridine rings is 1. The number of fused-ring (bicyclic) bond motifs is 1. The Morgan fingerprint density at radius 1 is 1.34 bits per heavy atom. The van der Waals surface area contributed by atoms with E-state index in [0.717, 1.165) is 0 Å². The van der Waals surface area contributed by atoms with E-state index in [9.17, 15) is 14.3 Å². The molecule has 1 amide bonds. The van der Waals surface area contributed by atoms with Gasteiger partial charge in [-0.2, -0.15) is 0 Å². The second kappa shape index (κ2) is 8.88. The molecule has 2 aromatic rings. The van der Waals surface area contributed by atoms with Gasteiger partial charge >= 0.3 is 0 Å². The molecule has 29 heavy (non-hydrogen) atoms. The normalized spacial score (nSPS) is 20.7. The lowest BCUT2D eigenvalue weighted by molar-refractivity contribution is 0.0348. The van der Waals surface area contributed by atoms with E-state index in [4.69, 9.17) is 4.74 Å². The van der Waals surface area contributed by atoms with Crippen LogP contribution >= 0.6 is 0 Å². The number of hydrogen-bond donors (Lipinski definition) is 1. The van der Waals surface area contributed by atoms with Crippen molar-refractivity contribution in [2.45, 2.75) is 26.0 Å². The summed E-state index contributed by atoms with van der Waals surface area (Å²) in [7, 11) is 3.92. The number of carbonyl (C=O) groups excluding carboxylic acids is 1. The fourth-order valence-electron chi connectivity index (χ4n) is 3.52. The molecular formula is C22H28FN3O3. The van der Waals surface area contributed by atoms with Crippen LogP contribution in [-0.2, 0) is 0 Å². The van der Waals surface area contributed by atoms with Crippen molar-refractivity contribution in [3.63, 3.8) is 0 Å². The first-order valence-electron chi connectivity index (χ1n) is 9.80. The molecule has 7 heteroatoms. The van der Waals surface area contributed by atoms with E-state index in [2.05, 4.69) is 4.98 Å². The van der Waals surface area contributed by atoms with Gasteiger partial charge in [0, 0.05) is 36.3 Å². The number of aliphatic hydroxyl groups excluding tert-OH is 1. The van der Waals surface area contributed by atoms with Crippen molar-refractivity contribution < 1.29 is 19.0 Å². The zero-order chi connectivity index (χ0) is 21.1. The summed E-state index contributed by atoms with van der Waals surface area (Å²) in [4.78, 5) is 21.4. The number of aliphatic hydroxyl groups is 1. The molecule has 1 aliphatic rings. The van der Waals surface area contributed by atoms with Gasteiger partial charge in [-0.15, -0.1) is 0 Å². The Balaban J connectivity index is 2.09. The van der Waals surface area contributed by atoms with Gasteiger partial charge in [0.25, 0.3) is 5.91 Å². The zero-order valence-corrected chi connectivity index (χ0v) is 17.3. The van der Waals surface area contributed by atoms with Gasteiger partial charge in [-0.25, -0.2) is 9.37 Å². The third-order valence-electron chi connectivity index (χ3n) is 5.25. The molecule has 1 aromatic heterocycles. The minimum absolute atomic E-state index is 0.0385. The van der Waals surface area contributed by atoms with Gasteiger partial charge in [-0.1, -0.05) is 25.1 Å². The first-order chi connectivity index (χ1) is 13.8. The molecule has 6 nitrogen and oxygen atoms in total. The molecule has 0 aliphatic carbocycles. The van der Waals surface area contributed by atoms with Crippen molar-refractivity contribution in [3.05, 3.63) is 47.9 Å². The van der Waals surface area contributed by atoms with Crippen LogP contribution in [0.25, 0.3) is 11.1 Å². The molecule has 1 aliphatic heterocycles. The molecule has 1 aromatic carbocycles. The van der Waals surface area contributed by atoms with E-state index in [0.29, 0.717) is 24.2 Å². The third-order valence-corrected chi connectivity index (χ3v) is 5.25. The van der Waals surface area contributed by atoms with E-state index >= 15 is 0 Å². The lowest BCUT2D eigenvalue weighted by Crippen LogP contribution is -2.49. The molecular weight excluding hydrogens is 373 g/mol. The summed E-state index contributed by atoms with van der Waals surface area (Å²) in [6.07, 6.45) is 1.35. The van der Waals surface area contributed by atoms with E-state index in [1.165, 1.54) is 12.3 Å². The van der Waals surface area contributed by atoms with Crippen molar-refractivity contribution in [2.75, 3.05) is 33.8 Å². The van der Waals surface area contributed by atoms with Crippen LogP contribution in [0, 0.1) is 11.7 Å². The highest BCUT2D eigenvalue weighted by Crippen LogP contribution is 2.31. The molecule has 3 atom stereocenters. The summed E-state index contributed by atoms with van der Waals surface area (Å²) in [6, 6.07) is 7.65. The Bertz CT molecular complexity index is 874. The lowest BCUT2D eigenvalue weighted by atomic mass is 9.99. The van der Waals surface area contributed by atoms with Crippen LogP contribution < -0.4 is 4.74 Å². The number of nitrogens with zero attached hydrogens (tertiary/aromatic N) is 3. The Labute approximate surface area is 170 Å². The fourth-order valence-corrected chi connectivity index (χ4v) is 3.52. The maximum Gasteiger partial charge on any atom is 0.259 e. The maximum absolute atomic E-state index is 14.3. The minimum Gasteiger partial charge on any atom is -0.472 e. The number of ether oxygens (including phenoxy) is 1. The number of aromatic nitrogens is 1. The number of carbonyl (C=O) groups is 1. The number of benzene rings is 1.